The maximum absolute atomic E-state index is 13.0. The number of hydrogen-bond acceptors (Lipinski definition) is 4. The molecule has 0 saturated carbocycles. The fourth-order valence-electron chi connectivity index (χ4n) is 3.13. The SMILES string of the molecule is CCC(C)NC(=O)c1c(N)n(-c2ccc(Cl)cc2)c2nc3ccccc3nc12. The number of halogens is 1. The molecule has 2 heterocycles. The zero-order valence-electron chi connectivity index (χ0n) is 15.6. The lowest BCUT2D eigenvalue weighted by molar-refractivity contribution is 0.0941. The minimum Gasteiger partial charge on any atom is -0.384 e. The van der Waals surface area contributed by atoms with E-state index in [4.69, 9.17) is 27.3 Å². The molecule has 28 heavy (non-hydrogen) atoms. The second-order valence-corrected chi connectivity index (χ2v) is 7.18. The van der Waals surface area contributed by atoms with Gasteiger partial charge in [0.25, 0.3) is 5.91 Å². The first-order valence-electron chi connectivity index (χ1n) is 9.13. The number of nitrogens with one attached hydrogen (secondary N) is 1. The number of carbonyl (C=O) groups is 1. The van der Waals surface area contributed by atoms with Gasteiger partial charge in [-0.1, -0.05) is 30.7 Å². The van der Waals surface area contributed by atoms with Gasteiger partial charge in [0, 0.05) is 16.8 Å². The van der Waals surface area contributed by atoms with E-state index in [9.17, 15) is 4.79 Å². The summed E-state index contributed by atoms with van der Waals surface area (Å²) in [6.45, 7) is 3.96. The summed E-state index contributed by atoms with van der Waals surface area (Å²) in [5.74, 6) is 0.0441. The van der Waals surface area contributed by atoms with Crippen molar-refractivity contribution in [3.05, 3.63) is 59.1 Å². The van der Waals surface area contributed by atoms with Crippen LogP contribution < -0.4 is 11.1 Å². The van der Waals surface area contributed by atoms with E-state index in [-0.39, 0.29) is 11.9 Å². The van der Waals surface area contributed by atoms with Crippen LogP contribution in [0.2, 0.25) is 5.02 Å². The second kappa shape index (κ2) is 7.13. The quantitative estimate of drug-likeness (QED) is 0.540. The molecule has 0 aliphatic heterocycles. The van der Waals surface area contributed by atoms with Crippen LogP contribution in [-0.4, -0.2) is 26.5 Å². The molecule has 0 saturated heterocycles. The smallest absolute Gasteiger partial charge is 0.257 e. The molecule has 0 spiro atoms. The molecule has 1 atom stereocenters. The van der Waals surface area contributed by atoms with Crippen LogP contribution in [0.15, 0.2) is 48.5 Å². The van der Waals surface area contributed by atoms with E-state index in [1.54, 1.807) is 16.7 Å². The number of fused-ring (bicyclic) bond motifs is 2. The third-order valence-corrected chi connectivity index (χ3v) is 5.05. The molecule has 0 radical (unpaired) electrons. The summed E-state index contributed by atoms with van der Waals surface area (Å²) in [4.78, 5) is 22.4. The van der Waals surface area contributed by atoms with Gasteiger partial charge in [-0.2, -0.15) is 0 Å². The molecule has 0 fully saturated rings. The second-order valence-electron chi connectivity index (χ2n) is 6.74. The van der Waals surface area contributed by atoms with Crippen molar-refractivity contribution in [2.75, 3.05) is 5.73 Å². The molecule has 0 aliphatic carbocycles. The Morgan fingerprint density at radius 2 is 1.79 bits per heavy atom. The first kappa shape index (κ1) is 18.3. The van der Waals surface area contributed by atoms with Gasteiger partial charge in [-0.3, -0.25) is 9.36 Å². The monoisotopic (exact) mass is 393 g/mol. The Bertz CT molecular complexity index is 1180. The molecule has 0 bridgehead atoms. The van der Waals surface area contributed by atoms with Gasteiger partial charge < -0.3 is 11.1 Å². The molecule has 3 N–H and O–H groups in total. The normalized spacial score (nSPS) is 12.4. The van der Waals surface area contributed by atoms with Gasteiger partial charge in [0.15, 0.2) is 5.65 Å². The highest BCUT2D eigenvalue weighted by molar-refractivity contribution is 6.30. The van der Waals surface area contributed by atoms with Gasteiger partial charge in [0.2, 0.25) is 0 Å². The van der Waals surface area contributed by atoms with Crippen molar-refractivity contribution in [2.45, 2.75) is 26.3 Å². The fourth-order valence-corrected chi connectivity index (χ4v) is 3.26. The van der Waals surface area contributed by atoms with Crippen molar-refractivity contribution >= 4 is 45.5 Å². The van der Waals surface area contributed by atoms with E-state index in [0.29, 0.717) is 33.1 Å². The Morgan fingerprint density at radius 3 is 2.43 bits per heavy atom. The zero-order valence-corrected chi connectivity index (χ0v) is 16.4. The predicted octanol–water partition coefficient (Wildman–Crippen LogP) is 4.34. The molecule has 4 aromatic rings. The lowest BCUT2D eigenvalue weighted by Gasteiger charge is -2.11. The van der Waals surface area contributed by atoms with Gasteiger partial charge >= 0.3 is 0 Å². The summed E-state index contributed by atoms with van der Waals surface area (Å²) >= 11 is 6.03. The summed E-state index contributed by atoms with van der Waals surface area (Å²) in [6.07, 6.45) is 0.816. The zero-order chi connectivity index (χ0) is 19.8. The van der Waals surface area contributed by atoms with Gasteiger partial charge in [0.1, 0.15) is 16.9 Å². The Balaban J connectivity index is 2.02. The summed E-state index contributed by atoms with van der Waals surface area (Å²) in [6, 6.07) is 14.8. The van der Waals surface area contributed by atoms with E-state index < -0.39 is 0 Å². The Kier molecular flexibility index (Phi) is 4.65. The number of carbonyl (C=O) groups excluding carboxylic acids is 1. The summed E-state index contributed by atoms with van der Waals surface area (Å²) in [7, 11) is 0. The summed E-state index contributed by atoms with van der Waals surface area (Å²) < 4.78 is 1.75. The lowest BCUT2D eigenvalue weighted by Crippen LogP contribution is -2.32. The molecule has 142 valence electrons. The maximum Gasteiger partial charge on any atom is 0.257 e. The molecular formula is C21H20ClN5O. The largest absolute Gasteiger partial charge is 0.384 e. The molecule has 1 amide bonds. The van der Waals surface area contributed by atoms with Crippen LogP contribution in [0.4, 0.5) is 5.82 Å². The van der Waals surface area contributed by atoms with Crippen LogP contribution in [0.1, 0.15) is 30.6 Å². The Labute approximate surface area is 167 Å². The average Bonchev–Trinajstić information content (AvgIpc) is 2.97. The van der Waals surface area contributed by atoms with Gasteiger partial charge in [-0.15, -0.1) is 0 Å². The molecule has 4 rings (SSSR count). The highest BCUT2D eigenvalue weighted by atomic mass is 35.5. The molecule has 0 aliphatic rings. The molecular weight excluding hydrogens is 374 g/mol. The van der Waals surface area contributed by atoms with Gasteiger partial charge in [-0.05, 0) is 49.7 Å². The number of anilines is 1. The number of rotatable bonds is 4. The van der Waals surface area contributed by atoms with Crippen LogP contribution in [0.3, 0.4) is 0 Å². The maximum atomic E-state index is 13.0. The van der Waals surface area contributed by atoms with Crippen LogP contribution in [0.25, 0.3) is 27.9 Å². The van der Waals surface area contributed by atoms with Crippen molar-refractivity contribution in [3.63, 3.8) is 0 Å². The highest BCUT2D eigenvalue weighted by Gasteiger charge is 2.25. The standard InChI is InChI=1S/C21H20ClN5O/c1-3-12(2)24-21(28)17-18-20(26-16-7-5-4-6-15(16)25-18)27(19(17)23)14-10-8-13(22)9-11-14/h4-12H,3,23H2,1-2H3,(H,24,28). The molecule has 7 heteroatoms. The number of hydrogen-bond donors (Lipinski definition) is 2. The average molecular weight is 394 g/mol. The van der Waals surface area contributed by atoms with Crippen molar-refractivity contribution in [1.29, 1.82) is 0 Å². The van der Waals surface area contributed by atoms with Crippen LogP contribution in [-0.2, 0) is 0 Å². The fraction of sp³-hybridized carbons (Fsp3) is 0.190. The minimum absolute atomic E-state index is 0.0225. The number of nitrogen functional groups attached to an aromatic ring is 1. The number of aromatic nitrogens is 3. The van der Waals surface area contributed by atoms with Crippen LogP contribution in [0.5, 0.6) is 0 Å². The van der Waals surface area contributed by atoms with Crippen LogP contribution >= 0.6 is 11.6 Å². The molecule has 1 unspecified atom stereocenters. The Morgan fingerprint density at radius 1 is 1.14 bits per heavy atom. The van der Waals surface area contributed by atoms with Gasteiger partial charge in [0.05, 0.1) is 11.0 Å². The number of para-hydroxylation sites is 2. The number of benzene rings is 2. The highest BCUT2D eigenvalue weighted by Crippen LogP contribution is 2.31. The third kappa shape index (κ3) is 3.05. The van der Waals surface area contributed by atoms with Crippen molar-refractivity contribution in [2.24, 2.45) is 0 Å². The van der Waals surface area contributed by atoms with Crippen LogP contribution in [0, 0.1) is 0 Å². The molecule has 2 aromatic carbocycles. The number of nitrogens with zero attached hydrogens (tertiary/aromatic N) is 3. The molecule has 6 nitrogen and oxygen atoms in total. The third-order valence-electron chi connectivity index (χ3n) is 4.80. The minimum atomic E-state index is -0.255. The van der Waals surface area contributed by atoms with E-state index in [2.05, 4.69) is 5.32 Å². The number of nitrogens with two attached hydrogens (primary N) is 1. The van der Waals surface area contributed by atoms with E-state index >= 15 is 0 Å². The predicted molar refractivity (Wildman–Crippen MR) is 113 cm³/mol. The van der Waals surface area contributed by atoms with Crippen molar-refractivity contribution in [1.82, 2.24) is 19.9 Å². The van der Waals surface area contributed by atoms with Crippen molar-refractivity contribution in [3.8, 4) is 5.69 Å². The number of amides is 1. The molecule has 2 aromatic heterocycles. The van der Waals surface area contributed by atoms with E-state index in [1.807, 2.05) is 50.2 Å². The first-order valence-corrected chi connectivity index (χ1v) is 9.51. The Hall–Kier alpha value is -3.12. The first-order chi connectivity index (χ1) is 13.5. The van der Waals surface area contributed by atoms with Crippen molar-refractivity contribution < 1.29 is 4.79 Å². The van der Waals surface area contributed by atoms with E-state index in [1.165, 1.54) is 0 Å². The van der Waals surface area contributed by atoms with Gasteiger partial charge in [-0.25, -0.2) is 9.97 Å². The topological polar surface area (TPSA) is 85.8 Å². The summed E-state index contributed by atoms with van der Waals surface area (Å²) in [5, 5.41) is 3.60. The van der Waals surface area contributed by atoms with E-state index in [0.717, 1.165) is 17.6 Å². The summed E-state index contributed by atoms with van der Waals surface area (Å²) in [5.41, 5.74) is 10.0. The lowest BCUT2D eigenvalue weighted by atomic mass is 10.2.